The van der Waals surface area contributed by atoms with Crippen LogP contribution < -0.4 is 10.3 Å². The number of hydrogen-bond donors (Lipinski definition) is 1. The first-order valence-corrected chi connectivity index (χ1v) is 10.3. The summed E-state index contributed by atoms with van der Waals surface area (Å²) in [6.07, 6.45) is 0. The number of methoxy groups -OCH3 is 1. The van der Waals surface area contributed by atoms with Crippen LogP contribution in [0.15, 0.2) is 88.6 Å². The normalized spacial score (nSPS) is 11.5. The molecule has 0 aliphatic rings. The van der Waals surface area contributed by atoms with E-state index in [2.05, 4.69) is 5.10 Å². The summed E-state index contributed by atoms with van der Waals surface area (Å²) >= 11 is 5.97. The molecule has 0 spiro atoms. The molecular formula is C25H22ClN3O2. The molecule has 156 valence electrons. The number of hydrogen-bond acceptors (Lipinski definition) is 3. The van der Waals surface area contributed by atoms with E-state index in [0.717, 1.165) is 28.3 Å². The molecule has 4 rings (SSSR count). The number of H-pyrrole nitrogens is 1. The van der Waals surface area contributed by atoms with Crippen LogP contribution in [0.4, 0.5) is 0 Å². The lowest BCUT2D eigenvalue weighted by molar-refractivity contribution is 0.414. The minimum absolute atomic E-state index is 0.152. The van der Waals surface area contributed by atoms with Crippen LogP contribution in [-0.2, 0) is 6.54 Å². The van der Waals surface area contributed by atoms with E-state index in [1.807, 2.05) is 85.8 Å². The summed E-state index contributed by atoms with van der Waals surface area (Å²) in [6.45, 7) is 2.33. The second kappa shape index (κ2) is 9.06. The van der Waals surface area contributed by atoms with Crippen LogP contribution in [0.2, 0.25) is 5.02 Å². The van der Waals surface area contributed by atoms with E-state index in [1.165, 1.54) is 0 Å². The molecule has 1 aromatic heterocycles. The van der Waals surface area contributed by atoms with Gasteiger partial charge in [0.2, 0.25) is 0 Å². The van der Waals surface area contributed by atoms with Crippen LogP contribution in [0.25, 0.3) is 16.9 Å². The van der Waals surface area contributed by atoms with Crippen molar-refractivity contribution < 1.29 is 4.74 Å². The molecule has 1 heterocycles. The first-order chi connectivity index (χ1) is 15.1. The van der Waals surface area contributed by atoms with E-state index in [0.29, 0.717) is 22.8 Å². The van der Waals surface area contributed by atoms with Gasteiger partial charge in [-0.25, -0.2) is 4.68 Å². The molecule has 0 aliphatic carbocycles. The number of ether oxygens (including phenoxy) is 1. The summed E-state index contributed by atoms with van der Waals surface area (Å²) < 4.78 is 6.77. The first kappa shape index (κ1) is 20.7. The number of aromatic nitrogens is 2. The van der Waals surface area contributed by atoms with Crippen LogP contribution in [-0.4, -0.2) is 22.6 Å². The third-order valence-corrected chi connectivity index (χ3v) is 5.31. The molecule has 6 heteroatoms. The van der Waals surface area contributed by atoms with Crippen molar-refractivity contribution in [3.63, 3.8) is 0 Å². The van der Waals surface area contributed by atoms with E-state index in [-0.39, 0.29) is 5.56 Å². The van der Waals surface area contributed by atoms with Crippen LogP contribution in [0.5, 0.6) is 5.75 Å². The van der Waals surface area contributed by atoms with E-state index in [4.69, 9.17) is 21.3 Å². The number of benzene rings is 3. The third kappa shape index (κ3) is 4.47. The van der Waals surface area contributed by atoms with Gasteiger partial charge in [-0.15, -0.1) is 0 Å². The highest BCUT2D eigenvalue weighted by molar-refractivity contribution is 6.30. The Bertz CT molecular complexity index is 1260. The Hall–Kier alpha value is -3.57. The average molecular weight is 432 g/mol. The maximum Gasteiger partial charge on any atom is 0.280 e. The molecule has 5 nitrogen and oxygen atoms in total. The Kier molecular flexibility index (Phi) is 6.05. The zero-order chi connectivity index (χ0) is 21.8. The van der Waals surface area contributed by atoms with Gasteiger partial charge in [0.1, 0.15) is 5.75 Å². The van der Waals surface area contributed by atoms with Gasteiger partial charge in [0, 0.05) is 16.3 Å². The fourth-order valence-corrected chi connectivity index (χ4v) is 3.50. The van der Waals surface area contributed by atoms with E-state index in [9.17, 15) is 4.79 Å². The zero-order valence-electron chi connectivity index (χ0n) is 17.3. The van der Waals surface area contributed by atoms with Crippen molar-refractivity contribution in [1.29, 1.82) is 0 Å². The van der Waals surface area contributed by atoms with Crippen LogP contribution in [0, 0.1) is 0 Å². The van der Waals surface area contributed by atoms with Crippen molar-refractivity contribution in [2.24, 2.45) is 4.99 Å². The topological polar surface area (TPSA) is 59.4 Å². The minimum Gasteiger partial charge on any atom is -0.497 e. The Morgan fingerprint density at radius 1 is 1.00 bits per heavy atom. The first-order valence-electron chi connectivity index (χ1n) is 9.87. The van der Waals surface area contributed by atoms with Crippen LogP contribution in [0.3, 0.4) is 0 Å². The molecule has 0 saturated carbocycles. The SMILES string of the molecule is COc1ccc(-n2[nH]c(-c3ccccc3)c(C(C)=NCc3ccc(Cl)cc3)c2=O)cc1. The van der Waals surface area contributed by atoms with Gasteiger partial charge in [0.25, 0.3) is 5.56 Å². The van der Waals surface area contributed by atoms with Gasteiger partial charge in [-0.1, -0.05) is 54.1 Å². The molecule has 0 amide bonds. The number of aliphatic imine (C=N–C) groups is 1. The maximum absolute atomic E-state index is 13.4. The molecule has 0 saturated heterocycles. The van der Waals surface area contributed by atoms with Gasteiger partial charge in [-0.05, 0) is 48.9 Å². The van der Waals surface area contributed by atoms with Gasteiger partial charge in [0.05, 0.1) is 30.6 Å². The van der Waals surface area contributed by atoms with E-state index >= 15 is 0 Å². The second-order valence-electron chi connectivity index (χ2n) is 7.09. The molecule has 3 aromatic carbocycles. The Labute approximate surface area is 185 Å². The molecule has 1 N–H and O–H groups in total. The number of nitrogens with one attached hydrogen (secondary N) is 1. The smallest absolute Gasteiger partial charge is 0.280 e. The van der Waals surface area contributed by atoms with Crippen molar-refractivity contribution in [3.8, 4) is 22.7 Å². The molecule has 31 heavy (non-hydrogen) atoms. The molecule has 0 radical (unpaired) electrons. The molecule has 4 aromatic rings. The Morgan fingerprint density at radius 3 is 2.32 bits per heavy atom. The number of rotatable bonds is 6. The van der Waals surface area contributed by atoms with Gasteiger partial charge >= 0.3 is 0 Å². The quantitative estimate of drug-likeness (QED) is 0.409. The highest BCUT2D eigenvalue weighted by Crippen LogP contribution is 2.22. The lowest BCUT2D eigenvalue weighted by Gasteiger charge is -2.04. The van der Waals surface area contributed by atoms with Gasteiger partial charge in [-0.3, -0.25) is 14.9 Å². The molecule has 0 bridgehead atoms. The average Bonchev–Trinajstić information content (AvgIpc) is 3.16. The second-order valence-corrected chi connectivity index (χ2v) is 7.53. The van der Waals surface area contributed by atoms with Crippen molar-refractivity contribution in [1.82, 2.24) is 9.78 Å². The predicted octanol–water partition coefficient (Wildman–Crippen LogP) is 5.50. The van der Waals surface area contributed by atoms with Crippen molar-refractivity contribution in [3.05, 3.63) is 105 Å². The summed E-state index contributed by atoms with van der Waals surface area (Å²) in [7, 11) is 1.61. The number of aromatic amines is 1. The van der Waals surface area contributed by atoms with E-state index < -0.39 is 0 Å². The minimum atomic E-state index is -0.152. The molecule has 0 fully saturated rings. The highest BCUT2D eigenvalue weighted by Gasteiger charge is 2.19. The fourth-order valence-electron chi connectivity index (χ4n) is 3.38. The van der Waals surface area contributed by atoms with Crippen LogP contribution >= 0.6 is 11.6 Å². The Balaban J connectivity index is 1.79. The molecule has 0 unspecified atom stereocenters. The monoisotopic (exact) mass is 431 g/mol. The fraction of sp³-hybridized carbons (Fsp3) is 0.120. The molecule has 0 atom stereocenters. The summed E-state index contributed by atoms with van der Waals surface area (Å²) in [5.74, 6) is 0.729. The largest absolute Gasteiger partial charge is 0.497 e. The standard InChI is InChI=1S/C25H22ClN3O2/c1-17(27-16-18-8-10-20(26)11-9-18)23-24(19-6-4-3-5-7-19)28-29(25(23)30)21-12-14-22(31-2)15-13-21/h3-15,28H,16H2,1-2H3. The molecular weight excluding hydrogens is 410 g/mol. The summed E-state index contributed by atoms with van der Waals surface area (Å²) in [4.78, 5) is 18.1. The van der Waals surface area contributed by atoms with Crippen molar-refractivity contribution >= 4 is 17.3 Å². The van der Waals surface area contributed by atoms with Gasteiger partial charge in [0.15, 0.2) is 0 Å². The van der Waals surface area contributed by atoms with Crippen molar-refractivity contribution in [2.75, 3.05) is 7.11 Å². The maximum atomic E-state index is 13.4. The van der Waals surface area contributed by atoms with Gasteiger partial charge < -0.3 is 4.74 Å². The van der Waals surface area contributed by atoms with Gasteiger partial charge in [-0.2, -0.15) is 0 Å². The lowest BCUT2D eigenvalue weighted by atomic mass is 10.1. The predicted molar refractivity (Wildman–Crippen MR) is 126 cm³/mol. The number of halogens is 1. The summed E-state index contributed by atoms with van der Waals surface area (Å²) in [5, 5.41) is 3.96. The summed E-state index contributed by atoms with van der Waals surface area (Å²) in [5.41, 5.74) is 4.47. The zero-order valence-corrected chi connectivity index (χ0v) is 18.1. The lowest BCUT2D eigenvalue weighted by Crippen LogP contribution is -2.19. The Morgan fingerprint density at radius 2 is 1.68 bits per heavy atom. The molecule has 0 aliphatic heterocycles. The van der Waals surface area contributed by atoms with Crippen LogP contribution in [0.1, 0.15) is 18.1 Å². The number of nitrogens with zero attached hydrogens (tertiary/aromatic N) is 2. The van der Waals surface area contributed by atoms with E-state index in [1.54, 1.807) is 11.8 Å². The third-order valence-electron chi connectivity index (χ3n) is 5.06. The van der Waals surface area contributed by atoms with Crippen molar-refractivity contribution in [2.45, 2.75) is 13.5 Å². The highest BCUT2D eigenvalue weighted by atomic mass is 35.5. The summed E-state index contributed by atoms with van der Waals surface area (Å²) in [6, 6.07) is 24.7.